The third-order valence-corrected chi connectivity index (χ3v) is 10.9. The van der Waals surface area contributed by atoms with Crippen LogP contribution in [-0.4, -0.2) is 66.9 Å². The molecule has 1 saturated heterocycles. The van der Waals surface area contributed by atoms with Gasteiger partial charge < -0.3 is 30.5 Å². The summed E-state index contributed by atoms with van der Waals surface area (Å²) in [5.41, 5.74) is 6.48. The van der Waals surface area contributed by atoms with Crippen LogP contribution in [0.1, 0.15) is 50.4 Å². The molecule has 4 aromatic rings. The zero-order valence-corrected chi connectivity index (χ0v) is 28.7. The molecule has 50 heavy (non-hydrogen) atoms. The minimum Gasteiger partial charge on any atom is -0.494 e. The molecule has 5 rings (SSSR count). The number of hydrogen-bond acceptors (Lipinski definition) is 10. The van der Waals surface area contributed by atoms with Crippen LogP contribution in [0.4, 0.5) is 26.4 Å². The molecular formula is C35H38FN5O8S. The monoisotopic (exact) mass is 707 g/mol. The van der Waals surface area contributed by atoms with Crippen molar-refractivity contribution in [2.24, 2.45) is 5.92 Å². The van der Waals surface area contributed by atoms with Gasteiger partial charge in [-0.3, -0.25) is 14.9 Å². The van der Waals surface area contributed by atoms with Crippen molar-refractivity contribution < 1.29 is 41.8 Å². The number of halogens is 1. The van der Waals surface area contributed by atoms with Gasteiger partial charge in [-0.2, -0.15) is 0 Å². The number of pyridine rings is 1. The number of nitrogen functional groups attached to an aromatic ring is 1. The van der Waals surface area contributed by atoms with E-state index in [4.69, 9.17) is 15.2 Å². The number of aliphatic carboxylic acids is 1. The molecule has 1 aliphatic rings. The number of hydrogen-bond donors (Lipinski definition) is 4. The van der Waals surface area contributed by atoms with Crippen LogP contribution < -0.4 is 21.1 Å². The van der Waals surface area contributed by atoms with Crippen molar-refractivity contribution in [1.29, 1.82) is 0 Å². The second kappa shape index (κ2) is 14.6. The quantitative estimate of drug-likeness (QED) is 0.153. The number of sulfone groups is 1. The lowest BCUT2D eigenvalue weighted by Crippen LogP contribution is -2.40. The largest absolute Gasteiger partial charge is 0.494 e. The number of carbonyl (C=O) groups is 3. The lowest BCUT2D eigenvalue weighted by atomic mass is 9.92. The third-order valence-electron chi connectivity index (χ3n) is 8.63. The molecule has 2 amide bonds. The Labute approximate surface area is 288 Å². The Bertz CT molecular complexity index is 2060. The number of benzene rings is 3. The fourth-order valence-electron chi connectivity index (χ4n) is 6.12. The smallest absolute Gasteiger partial charge is 0.411 e. The van der Waals surface area contributed by atoms with Gasteiger partial charge in [0, 0.05) is 35.1 Å². The number of anilines is 3. The summed E-state index contributed by atoms with van der Waals surface area (Å²) in [5, 5.41) is 16.4. The molecule has 264 valence electrons. The zero-order chi connectivity index (χ0) is 36.3. The average molecular weight is 708 g/mol. The van der Waals surface area contributed by atoms with E-state index in [1.807, 2.05) is 0 Å². The van der Waals surface area contributed by atoms with E-state index in [1.54, 1.807) is 31.2 Å². The first-order valence-corrected chi connectivity index (χ1v) is 17.4. The van der Waals surface area contributed by atoms with E-state index >= 15 is 4.39 Å². The van der Waals surface area contributed by atoms with Gasteiger partial charge in [0.1, 0.15) is 23.4 Å². The predicted molar refractivity (Wildman–Crippen MR) is 185 cm³/mol. The maximum absolute atomic E-state index is 15.7. The Morgan fingerprint density at radius 2 is 1.82 bits per heavy atom. The number of amides is 2. The predicted octanol–water partition coefficient (Wildman–Crippen LogP) is 5.54. The number of aromatic nitrogens is 1. The molecule has 15 heteroatoms. The van der Waals surface area contributed by atoms with Crippen LogP contribution in [-0.2, 0) is 24.2 Å². The number of nitrogens with two attached hydrogens (primary N) is 1. The van der Waals surface area contributed by atoms with Gasteiger partial charge in [0.25, 0.3) is 0 Å². The maximum Gasteiger partial charge on any atom is 0.411 e. The highest BCUT2D eigenvalue weighted by Gasteiger charge is 2.46. The van der Waals surface area contributed by atoms with Gasteiger partial charge in [0.05, 0.1) is 35.8 Å². The minimum absolute atomic E-state index is 0.0122. The van der Waals surface area contributed by atoms with Crippen molar-refractivity contribution in [2.45, 2.75) is 49.4 Å². The summed E-state index contributed by atoms with van der Waals surface area (Å²) in [7, 11) is -2.89. The Hall–Kier alpha value is -5.44. The number of carboxylic acids is 1. The van der Waals surface area contributed by atoms with Crippen LogP contribution in [0.5, 0.6) is 5.75 Å². The van der Waals surface area contributed by atoms with E-state index in [0.29, 0.717) is 28.0 Å². The summed E-state index contributed by atoms with van der Waals surface area (Å²) in [5.74, 6) is -3.36. The molecule has 1 aromatic heterocycles. The standard InChI is InChI=1S/C35H38FN5O8S/c1-5-49-23-8-10-28(36)26(18-23)30(39-21-6-9-24-20(16-21)12-14-38-32(24)37)33(42)41-15-13-25(34(43)44)31(41)27-17-22(40-35(45)48-4)7-11-29(27)50(46,47)19(2)3/h6-12,14,16-19,25,30-31,39H,5,13,15H2,1-4H3,(H2,37,38)(H,40,45)(H,43,44)/t25-,30+,31+/m0/s1. The molecule has 2 heterocycles. The van der Waals surface area contributed by atoms with Crippen molar-refractivity contribution in [1.82, 2.24) is 9.88 Å². The summed E-state index contributed by atoms with van der Waals surface area (Å²) in [6, 6.07) is 12.0. The van der Waals surface area contributed by atoms with Gasteiger partial charge in [0.2, 0.25) is 5.91 Å². The number of methoxy groups -OCH3 is 1. The van der Waals surface area contributed by atoms with Gasteiger partial charge >= 0.3 is 12.1 Å². The summed E-state index contributed by atoms with van der Waals surface area (Å²) in [4.78, 5) is 44.8. The zero-order valence-electron chi connectivity index (χ0n) is 27.8. The highest BCUT2D eigenvalue weighted by atomic mass is 32.2. The first kappa shape index (κ1) is 35.9. The normalized spacial score (nSPS) is 16.6. The van der Waals surface area contributed by atoms with Crippen LogP contribution >= 0.6 is 0 Å². The van der Waals surface area contributed by atoms with E-state index in [0.717, 1.165) is 7.11 Å². The molecule has 0 unspecified atom stereocenters. The van der Waals surface area contributed by atoms with Gasteiger partial charge in [-0.25, -0.2) is 22.6 Å². The molecule has 13 nitrogen and oxygen atoms in total. The van der Waals surface area contributed by atoms with Crippen molar-refractivity contribution in [2.75, 3.05) is 36.6 Å². The number of ether oxygens (including phenoxy) is 2. The molecule has 0 bridgehead atoms. The molecule has 0 aliphatic carbocycles. The molecule has 0 spiro atoms. The highest BCUT2D eigenvalue weighted by molar-refractivity contribution is 7.92. The fourth-order valence-corrected chi connectivity index (χ4v) is 7.39. The van der Waals surface area contributed by atoms with Gasteiger partial charge in [0.15, 0.2) is 9.84 Å². The van der Waals surface area contributed by atoms with E-state index in [1.165, 1.54) is 61.3 Å². The van der Waals surface area contributed by atoms with Gasteiger partial charge in [-0.15, -0.1) is 0 Å². The number of rotatable bonds is 11. The second-order valence-corrected chi connectivity index (χ2v) is 14.5. The SMILES string of the molecule is CCOc1ccc(F)c([C@@H](Nc2ccc3c(N)nccc3c2)C(=O)N2CC[C@H](C(=O)O)[C@@H]2c2cc(NC(=O)OC)ccc2S(=O)(=O)C(C)C)c1. The lowest BCUT2D eigenvalue weighted by molar-refractivity contribution is -0.143. The third kappa shape index (κ3) is 7.13. The first-order chi connectivity index (χ1) is 23.8. The molecule has 5 N–H and O–H groups in total. The number of likely N-dealkylation sites (tertiary alicyclic amines) is 1. The Balaban J connectivity index is 1.68. The fraction of sp³-hybridized carbons (Fsp3) is 0.314. The molecule has 1 aliphatic heterocycles. The van der Waals surface area contributed by atoms with Crippen LogP contribution in [0.15, 0.2) is 71.8 Å². The Morgan fingerprint density at radius 1 is 1.08 bits per heavy atom. The second-order valence-electron chi connectivity index (χ2n) is 12.0. The molecule has 3 atom stereocenters. The molecule has 1 fully saturated rings. The van der Waals surface area contributed by atoms with Crippen molar-refractivity contribution in [3.8, 4) is 5.75 Å². The minimum atomic E-state index is -4.04. The Morgan fingerprint density at radius 3 is 2.50 bits per heavy atom. The molecule has 0 radical (unpaired) electrons. The van der Waals surface area contributed by atoms with Crippen LogP contribution in [0.25, 0.3) is 10.8 Å². The number of carbonyl (C=O) groups excluding carboxylic acids is 2. The molecule has 0 saturated carbocycles. The van der Waals surface area contributed by atoms with Crippen molar-refractivity contribution in [3.05, 3.63) is 83.8 Å². The Kier molecular flexibility index (Phi) is 10.5. The summed E-state index contributed by atoms with van der Waals surface area (Å²) in [6.07, 6.45) is 0.659. The van der Waals surface area contributed by atoms with E-state index in [-0.39, 0.29) is 41.3 Å². The van der Waals surface area contributed by atoms with Gasteiger partial charge in [-0.1, -0.05) is 0 Å². The number of carboxylic acid groups (broad SMARTS) is 1. The van der Waals surface area contributed by atoms with E-state index < -0.39 is 56.9 Å². The van der Waals surface area contributed by atoms with Crippen LogP contribution in [0.3, 0.4) is 0 Å². The lowest BCUT2D eigenvalue weighted by Gasteiger charge is -2.33. The highest BCUT2D eigenvalue weighted by Crippen LogP contribution is 2.44. The number of nitrogens with zero attached hydrogens (tertiary/aromatic N) is 2. The number of nitrogens with one attached hydrogen (secondary N) is 2. The summed E-state index contributed by atoms with van der Waals surface area (Å²) in [6.45, 7) is 4.89. The topological polar surface area (TPSA) is 190 Å². The van der Waals surface area contributed by atoms with Gasteiger partial charge in [-0.05, 0) is 98.8 Å². The van der Waals surface area contributed by atoms with Crippen molar-refractivity contribution >= 4 is 55.8 Å². The molecule has 3 aromatic carbocycles. The molecular weight excluding hydrogens is 669 g/mol. The maximum atomic E-state index is 15.7. The summed E-state index contributed by atoms with van der Waals surface area (Å²) >= 11 is 0. The van der Waals surface area contributed by atoms with E-state index in [2.05, 4.69) is 15.6 Å². The number of fused-ring (bicyclic) bond motifs is 1. The van der Waals surface area contributed by atoms with Crippen LogP contribution in [0.2, 0.25) is 0 Å². The average Bonchev–Trinajstić information content (AvgIpc) is 3.53. The summed E-state index contributed by atoms with van der Waals surface area (Å²) < 4.78 is 53.4. The van der Waals surface area contributed by atoms with E-state index in [9.17, 15) is 27.9 Å². The van der Waals surface area contributed by atoms with Crippen molar-refractivity contribution in [3.63, 3.8) is 0 Å². The van der Waals surface area contributed by atoms with Crippen LogP contribution in [0, 0.1) is 11.7 Å². The first-order valence-electron chi connectivity index (χ1n) is 15.9.